The molecule has 0 spiro atoms. The van der Waals surface area contributed by atoms with Gasteiger partial charge in [-0.1, -0.05) is 18.2 Å². The Labute approximate surface area is 215 Å². The van der Waals surface area contributed by atoms with Gasteiger partial charge in [-0.05, 0) is 48.5 Å². The molecule has 0 aliphatic rings. The quantitative estimate of drug-likeness (QED) is 0.352. The van der Waals surface area contributed by atoms with Gasteiger partial charge in [0.05, 0.1) is 5.69 Å². The Morgan fingerprint density at radius 2 is 1.71 bits per heavy atom. The Balaban J connectivity index is 1.43. The van der Waals surface area contributed by atoms with Crippen LogP contribution in [0.5, 0.6) is 11.5 Å². The van der Waals surface area contributed by atoms with Gasteiger partial charge in [0.25, 0.3) is 17.4 Å². The van der Waals surface area contributed by atoms with Crippen LogP contribution in [-0.2, 0) is 0 Å². The minimum atomic E-state index is -0.759. The number of carbonyl (C=O) groups excluding carboxylic acids is 2. The summed E-state index contributed by atoms with van der Waals surface area (Å²) in [4.78, 5) is 46.5. The van der Waals surface area contributed by atoms with Crippen molar-refractivity contribution in [1.82, 2.24) is 19.9 Å². The van der Waals surface area contributed by atoms with Crippen molar-refractivity contribution >= 4 is 28.5 Å². The SMILES string of the molecule is CNC(=O)c1cc(Oc2ccc(NC(=O)c3cc4cccnc4n(-c4ccccc4)c3=O)cc2F)ccn1. The molecule has 3 aromatic heterocycles. The van der Waals surface area contributed by atoms with Crippen LogP contribution in [0.25, 0.3) is 16.7 Å². The summed E-state index contributed by atoms with van der Waals surface area (Å²) >= 11 is 0. The van der Waals surface area contributed by atoms with Gasteiger partial charge in [-0.15, -0.1) is 0 Å². The Kier molecular flexibility index (Phi) is 6.60. The number of anilines is 1. The second-order valence-electron chi connectivity index (χ2n) is 8.11. The molecule has 0 atom stereocenters. The minimum Gasteiger partial charge on any atom is -0.454 e. The molecule has 0 bridgehead atoms. The van der Waals surface area contributed by atoms with E-state index in [0.29, 0.717) is 16.7 Å². The van der Waals surface area contributed by atoms with Gasteiger partial charge in [-0.25, -0.2) is 9.37 Å². The predicted molar refractivity (Wildman–Crippen MR) is 139 cm³/mol. The van der Waals surface area contributed by atoms with Crippen LogP contribution in [0.4, 0.5) is 10.1 Å². The van der Waals surface area contributed by atoms with Gasteiger partial charge in [0.2, 0.25) is 0 Å². The highest BCUT2D eigenvalue weighted by atomic mass is 19.1. The van der Waals surface area contributed by atoms with E-state index >= 15 is 0 Å². The van der Waals surface area contributed by atoms with Crippen molar-refractivity contribution in [2.75, 3.05) is 12.4 Å². The molecular weight excluding hydrogens is 489 g/mol. The number of halogens is 1. The number of rotatable bonds is 6. The zero-order chi connectivity index (χ0) is 26.6. The first-order valence-corrected chi connectivity index (χ1v) is 11.5. The van der Waals surface area contributed by atoms with Crippen LogP contribution in [0.1, 0.15) is 20.8 Å². The summed E-state index contributed by atoms with van der Waals surface area (Å²) in [5.41, 5.74) is 0.500. The lowest BCUT2D eigenvalue weighted by molar-refractivity contribution is 0.0957. The molecule has 3 heterocycles. The number of para-hydroxylation sites is 1. The molecule has 0 unspecified atom stereocenters. The van der Waals surface area contributed by atoms with Crippen LogP contribution < -0.4 is 20.9 Å². The number of hydrogen-bond acceptors (Lipinski definition) is 6. The molecule has 0 aliphatic carbocycles. The molecule has 0 saturated heterocycles. The van der Waals surface area contributed by atoms with Gasteiger partial charge < -0.3 is 15.4 Å². The largest absolute Gasteiger partial charge is 0.454 e. The highest BCUT2D eigenvalue weighted by Gasteiger charge is 2.18. The zero-order valence-electron chi connectivity index (χ0n) is 20.0. The van der Waals surface area contributed by atoms with Crippen molar-refractivity contribution in [2.45, 2.75) is 0 Å². The molecule has 10 heteroatoms. The molecule has 5 rings (SSSR count). The van der Waals surface area contributed by atoms with Crippen LogP contribution >= 0.6 is 0 Å². The summed E-state index contributed by atoms with van der Waals surface area (Å²) in [6.07, 6.45) is 2.94. The average molecular weight is 509 g/mol. The van der Waals surface area contributed by atoms with E-state index in [4.69, 9.17) is 4.74 Å². The molecule has 5 aromatic rings. The van der Waals surface area contributed by atoms with Crippen molar-refractivity contribution in [1.29, 1.82) is 0 Å². The van der Waals surface area contributed by atoms with E-state index in [-0.39, 0.29) is 28.4 Å². The van der Waals surface area contributed by atoms with Crippen molar-refractivity contribution < 1.29 is 18.7 Å². The molecule has 0 fully saturated rings. The highest BCUT2D eigenvalue weighted by Crippen LogP contribution is 2.27. The zero-order valence-corrected chi connectivity index (χ0v) is 20.0. The third-order valence-electron chi connectivity index (χ3n) is 5.63. The van der Waals surface area contributed by atoms with Gasteiger partial charge in [-0.3, -0.25) is 23.9 Å². The number of carbonyl (C=O) groups is 2. The standard InChI is InChI=1S/C28H20FN5O4/c1-30-27(36)23-16-20(11-13-31-23)38-24-10-9-18(15-22(24)29)33-26(35)21-14-17-6-5-12-32-25(17)34(28(21)37)19-7-3-2-4-8-19/h2-16H,1H3,(H,30,36)(H,33,35). The second-order valence-corrected chi connectivity index (χ2v) is 8.11. The lowest BCUT2D eigenvalue weighted by Crippen LogP contribution is -2.29. The predicted octanol–water partition coefficient (Wildman–Crippen LogP) is 4.32. The fourth-order valence-electron chi connectivity index (χ4n) is 3.84. The first kappa shape index (κ1) is 24.3. The monoisotopic (exact) mass is 509 g/mol. The number of pyridine rings is 3. The molecule has 9 nitrogen and oxygen atoms in total. The summed E-state index contributed by atoms with van der Waals surface area (Å²) < 4.78 is 21.8. The number of nitrogens with one attached hydrogen (secondary N) is 2. The number of benzene rings is 2. The van der Waals surface area contributed by atoms with E-state index < -0.39 is 23.2 Å². The molecule has 2 amide bonds. The summed E-state index contributed by atoms with van der Waals surface area (Å²) in [5.74, 6) is -1.79. The Morgan fingerprint density at radius 3 is 2.47 bits per heavy atom. The highest BCUT2D eigenvalue weighted by molar-refractivity contribution is 6.05. The van der Waals surface area contributed by atoms with Crippen molar-refractivity contribution in [3.8, 4) is 17.2 Å². The van der Waals surface area contributed by atoms with Crippen LogP contribution in [-0.4, -0.2) is 33.4 Å². The average Bonchev–Trinajstić information content (AvgIpc) is 2.94. The van der Waals surface area contributed by atoms with Crippen molar-refractivity contribution in [3.63, 3.8) is 0 Å². The van der Waals surface area contributed by atoms with E-state index in [1.165, 1.54) is 48.1 Å². The van der Waals surface area contributed by atoms with E-state index in [2.05, 4.69) is 20.6 Å². The normalized spacial score (nSPS) is 10.7. The fourth-order valence-corrected chi connectivity index (χ4v) is 3.84. The molecule has 38 heavy (non-hydrogen) atoms. The Morgan fingerprint density at radius 1 is 0.895 bits per heavy atom. The number of amides is 2. The molecule has 188 valence electrons. The second kappa shape index (κ2) is 10.3. The van der Waals surface area contributed by atoms with E-state index in [1.54, 1.807) is 42.6 Å². The molecule has 0 aliphatic heterocycles. The Bertz CT molecular complexity index is 1740. The van der Waals surface area contributed by atoms with Crippen LogP contribution in [0.15, 0.2) is 96.1 Å². The number of hydrogen-bond donors (Lipinski definition) is 2. The first-order valence-electron chi connectivity index (χ1n) is 11.5. The summed E-state index contributed by atoms with van der Waals surface area (Å²) in [7, 11) is 1.47. The molecule has 0 radical (unpaired) electrons. The lowest BCUT2D eigenvalue weighted by Gasteiger charge is -2.13. The van der Waals surface area contributed by atoms with Gasteiger partial charge >= 0.3 is 0 Å². The van der Waals surface area contributed by atoms with E-state index in [1.807, 2.05) is 6.07 Å². The minimum absolute atomic E-state index is 0.112. The summed E-state index contributed by atoms with van der Waals surface area (Å²) in [5, 5.41) is 5.61. The number of fused-ring (bicyclic) bond motifs is 1. The maximum atomic E-state index is 14.8. The Hall–Kier alpha value is -5.38. The van der Waals surface area contributed by atoms with Crippen LogP contribution in [0, 0.1) is 5.82 Å². The van der Waals surface area contributed by atoms with Gasteiger partial charge in [-0.2, -0.15) is 0 Å². The van der Waals surface area contributed by atoms with Crippen molar-refractivity contribution in [2.24, 2.45) is 0 Å². The van der Waals surface area contributed by atoms with Gasteiger partial charge in [0, 0.05) is 42.6 Å². The van der Waals surface area contributed by atoms with Gasteiger partial charge in [0.15, 0.2) is 11.6 Å². The molecular formula is C28H20FN5O4. The van der Waals surface area contributed by atoms with Gasteiger partial charge in [0.1, 0.15) is 22.7 Å². The number of aromatic nitrogens is 3. The molecule has 2 aromatic carbocycles. The van der Waals surface area contributed by atoms with E-state index in [9.17, 15) is 18.8 Å². The number of ether oxygens (including phenoxy) is 1. The van der Waals surface area contributed by atoms with Crippen molar-refractivity contribution in [3.05, 3.63) is 119 Å². The third kappa shape index (κ3) is 4.82. The van der Waals surface area contributed by atoms with E-state index in [0.717, 1.165) is 6.07 Å². The first-order chi connectivity index (χ1) is 18.4. The third-order valence-corrected chi connectivity index (χ3v) is 5.63. The smallest absolute Gasteiger partial charge is 0.269 e. The van der Waals surface area contributed by atoms with Crippen LogP contribution in [0.2, 0.25) is 0 Å². The summed E-state index contributed by atoms with van der Waals surface area (Å²) in [6, 6.07) is 20.5. The lowest BCUT2D eigenvalue weighted by atomic mass is 10.1. The summed E-state index contributed by atoms with van der Waals surface area (Å²) in [6.45, 7) is 0. The van der Waals surface area contributed by atoms with Crippen LogP contribution in [0.3, 0.4) is 0 Å². The molecule has 2 N–H and O–H groups in total. The topological polar surface area (TPSA) is 115 Å². The fraction of sp³-hybridized carbons (Fsp3) is 0.0357. The number of nitrogens with zero attached hydrogens (tertiary/aromatic N) is 3. The molecule has 0 saturated carbocycles. The maximum Gasteiger partial charge on any atom is 0.269 e. The maximum absolute atomic E-state index is 14.8.